The number of aliphatic imine (C=N–C) groups is 1. The Balaban J connectivity index is 1.75. The van der Waals surface area contributed by atoms with Gasteiger partial charge in [0.2, 0.25) is 0 Å². The number of carbonyl (C=O) groups excluding carboxylic acids is 1. The molecule has 3 atom stereocenters. The molecule has 2 aromatic rings. The van der Waals surface area contributed by atoms with E-state index < -0.39 is 35.2 Å². The number of nitrogens with zero attached hydrogens (tertiary/aromatic N) is 1. The summed E-state index contributed by atoms with van der Waals surface area (Å²) < 4.78 is 54.7. The van der Waals surface area contributed by atoms with Gasteiger partial charge in [0.25, 0.3) is 17.9 Å². The normalized spacial score (nSPS) is 25.8. The number of rotatable bonds is 3. The van der Waals surface area contributed by atoms with Crippen molar-refractivity contribution in [1.29, 1.82) is 0 Å². The van der Waals surface area contributed by atoms with Crippen molar-refractivity contribution >= 4 is 27.9 Å². The summed E-state index contributed by atoms with van der Waals surface area (Å²) in [5, 5.41) is 2.54. The molecule has 2 aliphatic rings. The van der Waals surface area contributed by atoms with E-state index in [0.717, 1.165) is 6.92 Å². The molecule has 1 saturated heterocycles. The summed E-state index contributed by atoms with van der Waals surface area (Å²) in [7, 11) is 0. The summed E-state index contributed by atoms with van der Waals surface area (Å²) in [5.41, 5.74) is -0.993. The first-order valence-electron chi connectivity index (χ1n) is 9.25. The maximum Gasteiger partial charge on any atom is 0.292 e. The van der Waals surface area contributed by atoms with Crippen molar-refractivity contribution in [1.82, 2.24) is 5.32 Å². The number of carbonyl (C=O) groups is 1. The number of amidine groups is 1. The van der Waals surface area contributed by atoms with Crippen LogP contribution in [0.25, 0.3) is 0 Å². The topological polar surface area (TPSA) is 59.9 Å². The quantitative estimate of drug-likeness (QED) is 0.710. The van der Waals surface area contributed by atoms with Crippen LogP contribution in [-0.4, -0.2) is 37.2 Å². The molecule has 0 radical (unpaired) electrons. The van der Waals surface area contributed by atoms with Crippen molar-refractivity contribution in [2.45, 2.75) is 24.5 Å². The third-order valence-electron chi connectivity index (χ3n) is 5.31. The van der Waals surface area contributed by atoms with Crippen LogP contribution in [-0.2, 0) is 15.0 Å². The Labute approximate surface area is 179 Å². The molecule has 0 aliphatic carbocycles. The van der Waals surface area contributed by atoms with Crippen LogP contribution in [0.3, 0.4) is 0 Å². The van der Waals surface area contributed by atoms with Crippen LogP contribution < -0.4 is 5.32 Å². The fraction of sp³-hybridized carbons (Fsp3) is 0.333. The van der Waals surface area contributed by atoms with E-state index in [0.29, 0.717) is 10.0 Å². The van der Waals surface area contributed by atoms with Crippen molar-refractivity contribution in [2.75, 3.05) is 13.2 Å². The lowest BCUT2D eigenvalue weighted by molar-refractivity contribution is -0.121. The molecule has 2 aliphatic heterocycles. The first kappa shape index (κ1) is 20.9. The highest BCUT2D eigenvalue weighted by atomic mass is 79.9. The molecule has 158 valence electrons. The monoisotopic (exact) mass is 482 g/mol. The van der Waals surface area contributed by atoms with Gasteiger partial charge in [-0.25, -0.2) is 18.2 Å². The van der Waals surface area contributed by atoms with Crippen LogP contribution >= 0.6 is 15.9 Å². The lowest BCUT2D eigenvalue weighted by Gasteiger charge is -2.37. The van der Waals surface area contributed by atoms with Crippen molar-refractivity contribution in [3.05, 3.63) is 69.9 Å². The average molecular weight is 483 g/mol. The van der Waals surface area contributed by atoms with Gasteiger partial charge in [0.1, 0.15) is 17.5 Å². The zero-order chi connectivity index (χ0) is 21.5. The second-order valence-electron chi connectivity index (χ2n) is 7.39. The molecule has 2 heterocycles. The Morgan fingerprint density at radius 1 is 1.27 bits per heavy atom. The lowest BCUT2D eigenvalue weighted by Crippen LogP contribution is -2.50. The second kappa shape index (κ2) is 7.70. The number of hydrogen-bond donors (Lipinski definition) is 1. The van der Waals surface area contributed by atoms with Crippen LogP contribution in [0, 0.1) is 11.7 Å². The van der Waals surface area contributed by atoms with Gasteiger partial charge in [-0.3, -0.25) is 10.1 Å². The summed E-state index contributed by atoms with van der Waals surface area (Å²) in [6.45, 7) is 0.266. The maximum absolute atomic E-state index is 14.8. The Kier molecular flexibility index (Phi) is 5.36. The molecule has 30 heavy (non-hydrogen) atoms. The summed E-state index contributed by atoms with van der Waals surface area (Å²) in [5.74, 6) is -5.21. The number of halogens is 4. The predicted molar refractivity (Wildman–Crippen MR) is 107 cm³/mol. The molecule has 5 nitrogen and oxygen atoms in total. The van der Waals surface area contributed by atoms with E-state index in [-0.39, 0.29) is 24.8 Å². The standard InChI is InChI=1S/C21H18BrF3N2O3/c1-20(24,25)17-15-10-29-19(26-18(28)12-5-3-2-4-6-12)27-21(15,11-30-17)14-9-13(22)7-8-16(14)23/h2-9,15,17H,10-11H2,1H3,(H,26,27,28)/t15-,17?,21-/m1/s1. The van der Waals surface area contributed by atoms with Crippen LogP contribution in [0.15, 0.2) is 58.0 Å². The van der Waals surface area contributed by atoms with Gasteiger partial charge in [0.15, 0.2) is 0 Å². The van der Waals surface area contributed by atoms with Crippen LogP contribution in [0.4, 0.5) is 13.2 Å². The first-order chi connectivity index (χ1) is 14.2. The summed E-state index contributed by atoms with van der Waals surface area (Å²) in [6.07, 6.45) is -1.51. The van der Waals surface area contributed by atoms with E-state index in [1.165, 1.54) is 18.2 Å². The zero-order valence-corrected chi connectivity index (χ0v) is 17.5. The number of ether oxygens (including phenoxy) is 2. The van der Waals surface area contributed by atoms with E-state index >= 15 is 0 Å². The molecule has 2 aromatic carbocycles. The molecule has 4 rings (SSSR count). The second-order valence-corrected chi connectivity index (χ2v) is 8.31. The highest BCUT2D eigenvalue weighted by Crippen LogP contribution is 2.49. The Morgan fingerprint density at radius 3 is 2.70 bits per heavy atom. The Hall–Kier alpha value is -2.39. The summed E-state index contributed by atoms with van der Waals surface area (Å²) >= 11 is 3.29. The van der Waals surface area contributed by atoms with E-state index in [1.54, 1.807) is 30.3 Å². The fourth-order valence-corrected chi connectivity index (χ4v) is 4.26. The van der Waals surface area contributed by atoms with E-state index in [1.807, 2.05) is 0 Å². The Bertz CT molecular complexity index is 997. The minimum atomic E-state index is -3.18. The van der Waals surface area contributed by atoms with Gasteiger partial charge in [-0.05, 0) is 30.3 Å². The van der Waals surface area contributed by atoms with Gasteiger partial charge < -0.3 is 9.47 Å². The molecule has 0 aromatic heterocycles. The van der Waals surface area contributed by atoms with Gasteiger partial charge in [-0.1, -0.05) is 34.1 Å². The number of hydrogen-bond acceptors (Lipinski definition) is 4. The van der Waals surface area contributed by atoms with Gasteiger partial charge in [0.05, 0.1) is 19.1 Å². The van der Waals surface area contributed by atoms with Gasteiger partial charge in [0, 0.05) is 22.5 Å². The first-order valence-corrected chi connectivity index (χ1v) is 10.0. The molecule has 0 spiro atoms. The zero-order valence-electron chi connectivity index (χ0n) is 15.9. The van der Waals surface area contributed by atoms with Crippen molar-refractivity contribution in [3.8, 4) is 0 Å². The third-order valence-corrected chi connectivity index (χ3v) is 5.81. The minimum Gasteiger partial charge on any atom is -0.464 e. The largest absolute Gasteiger partial charge is 0.464 e. The molecular formula is C21H18BrF3N2O3. The van der Waals surface area contributed by atoms with E-state index in [4.69, 9.17) is 9.47 Å². The molecule has 0 bridgehead atoms. The average Bonchev–Trinajstić information content (AvgIpc) is 3.10. The van der Waals surface area contributed by atoms with Crippen LogP contribution in [0.2, 0.25) is 0 Å². The number of fused-ring (bicyclic) bond motifs is 1. The molecule has 1 fully saturated rings. The summed E-state index contributed by atoms with van der Waals surface area (Å²) in [4.78, 5) is 16.9. The SMILES string of the molecule is CC(F)(F)C1OC[C@]2(c3cc(Br)ccc3F)N=C(NC(=O)c3ccccc3)OC[C@H]12. The number of amides is 1. The molecule has 1 N–H and O–H groups in total. The lowest BCUT2D eigenvalue weighted by atomic mass is 9.76. The van der Waals surface area contributed by atoms with Crippen molar-refractivity contribution in [2.24, 2.45) is 10.9 Å². The van der Waals surface area contributed by atoms with Gasteiger partial charge in [-0.15, -0.1) is 0 Å². The maximum atomic E-state index is 14.8. The molecular weight excluding hydrogens is 465 g/mol. The third kappa shape index (κ3) is 3.72. The van der Waals surface area contributed by atoms with E-state index in [9.17, 15) is 18.0 Å². The van der Waals surface area contributed by atoms with Crippen LogP contribution in [0.5, 0.6) is 0 Å². The van der Waals surface area contributed by atoms with Crippen molar-refractivity contribution < 1.29 is 27.4 Å². The molecule has 1 amide bonds. The summed E-state index contributed by atoms with van der Waals surface area (Å²) in [6, 6.07) is 12.5. The highest BCUT2D eigenvalue weighted by Gasteiger charge is 2.60. The number of alkyl halides is 2. The molecule has 1 unspecified atom stereocenters. The fourth-order valence-electron chi connectivity index (χ4n) is 3.90. The Morgan fingerprint density at radius 2 is 2.00 bits per heavy atom. The van der Waals surface area contributed by atoms with Crippen LogP contribution in [0.1, 0.15) is 22.8 Å². The molecule has 9 heteroatoms. The van der Waals surface area contributed by atoms with Gasteiger partial charge >= 0.3 is 0 Å². The smallest absolute Gasteiger partial charge is 0.292 e. The number of nitrogens with one attached hydrogen (secondary N) is 1. The number of benzene rings is 2. The van der Waals surface area contributed by atoms with E-state index in [2.05, 4.69) is 26.2 Å². The molecule has 0 saturated carbocycles. The highest BCUT2D eigenvalue weighted by molar-refractivity contribution is 9.10. The predicted octanol–water partition coefficient (Wildman–Crippen LogP) is 4.27. The van der Waals surface area contributed by atoms with Gasteiger partial charge in [-0.2, -0.15) is 0 Å². The van der Waals surface area contributed by atoms with Crippen molar-refractivity contribution in [3.63, 3.8) is 0 Å². The minimum absolute atomic E-state index is 0.100.